The van der Waals surface area contributed by atoms with Crippen LogP contribution in [0.15, 0.2) is 71.6 Å². The first-order valence-electron chi connectivity index (χ1n) is 12.3. The van der Waals surface area contributed by atoms with Crippen molar-refractivity contribution in [1.29, 1.82) is 0 Å². The van der Waals surface area contributed by atoms with Crippen LogP contribution in [0.5, 0.6) is 0 Å². The molecule has 4 rings (SSSR count). The van der Waals surface area contributed by atoms with Crippen LogP contribution in [0.2, 0.25) is 5.02 Å². The Labute approximate surface area is 240 Å². The van der Waals surface area contributed by atoms with Crippen LogP contribution in [0.3, 0.4) is 0 Å². The van der Waals surface area contributed by atoms with Crippen LogP contribution in [0.4, 0.5) is 24.5 Å². The molecule has 41 heavy (non-hydrogen) atoms. The van der Waals surface area contributed by atoms with Gasteiger partial charge in [0.15, 0.2) is 0 Å². The molecule has 3 aromatic rings. The molecule has 220 valence electrons. The number of alkyl halides is 3. The van der Waals surface area contributed by atoms with Crippen molar-refractivity contribution in [2.24, 2.45) is 0 Å². The van der Waals surface area contributed by atoms with Crippen molar-refractivity contribution in [3.05, 3.63) is 88.4 Å². The lowest BCUT2D eigenvalue weighted by atomic mass is 10.1. The maximum absolute atomic E-state index is 13.2. The molecule has 1 amide bonds. The zero-order valence-electron chi connectivity index (χ0n) is 21.8. The Morgan fingerprint density at radius 2 is 1.68 bits per heavy atom. The fraction of sp³-hybridized carbons (Fsp3) is 0.259. The van der Waals surface area contributed by atoms with Crippen LogP contribution in [0.1, 0.15) is 21.5 Å². The minimum absolute atomic E-state index is 0.173. The van der Waals surface area contributed by atoms with Gasteiger partial charge in [0.2, 0.25) is 0 Å². The number of benzene rings is 3. The molecular weight excluding hydrogens is 585 g/mol. The molecule has 0 radical (unpaired) electrons. The normalized spacial score (nSPS) is 13.5. The van der Waals surface area contributed by atoms with Gasteiger partial charge in [0.25, 0.3) is 15.9 Å². The van der Waals surface area contributed by atoms with Gasteiger partial charge in [-0.25, -0.2) is 13.2 Å². The summed E-state index contributed by atoms with van der Waals surface area (Å²) < 4.78 is 60.8. The summed E-state index contributed by atoms with van der Waals surface area (Å²) in [5, 5.41) is 13.9. The number of sulfonamides is 1. The summed E-state index contributed by atoms with van der Waals surface area (Å²) in [6.45, 7) is 5.17. The van der Waals surface area contributed by atoms with Crippen LogP contribution < -0.4 is 20.3 Å². The topological polar surface area (TPSA) is 128 Å². The number of carbonyl (C=O) groups is 2. The van der Waals surface area contributed by atoms with Gasteiger partial charge in [-0.05, 0) is 54.4 Å². The van der Waals surface area contributed by atoms with Gasteiger partial charge >= 0.3 is 12.1 Å². The summed E-state index contributed by atoms with van der Waals surface area (Å²) in [7, 11) is -3.84. The van der Waals surface area contributed by atoms with E-state index in [0.29, 0.717) is 16.3 Å². The molecule has 0 spiro atoms. The summed E-state index contributed by atoms with van der Waals surface area (Å²) in [4.78, 5) is 24.1. The van der Waals surface area contributed by atoms with Crippen molar-refractivity contribution in [2.45, 2.75) is 24.5 Å². The number of carbonyl (C=O) groups excluding carboxylic acids is 1. The summed E-state index contributed by atoms with van der Waals surface area (Å²) in [6.07, 6.45) is -5.08. The molecule has 1 saturated heterocycles. The average molecular weight is 613 g/mol. The number of anilines is 2. The maximum atomic E-state index is 13.2. The number of carboxylic acids is 1. The first-order chi connectivity index (χ1) is 19.3. The average Bonchev–Trinajstić information content (AvgIpc) is 2.92. The molecule has 1 aliphatic heterocycles. The van der Waals surface area contributed by atoms with Crippen LogP contribution >= 0.6 is 11.6 Å². The Morgan fingerprint density at radius 1 is 1.02 bits per heavy atom. The summed E-state index contributed by atoms with van der Waals surface area (Å²) in [5.41, 5.74) is 3.11. The Bertz CT molecular complexity index is 1500. The van der Waals surface area contributed by atoms with E-state index >= 15 is 0 Å². The molecule has 0 aromatic heterocycles. The van der Waals surface area contributed by atoms with Gasteiger partial charge in [0.05, 0.1) is 16.3 Å². The zero-order valence-corrected chi connectivity index (χ0v) is 23.4. The highest BCUT2D eigenvalue weighted by molar-refractivity contribution is 7.92. The van der Waals surface area contributed by atoms with E-state index in [9.17, 15) is 26.4 Å². The minimum Gasteiger partial charge on any atom is -0.475 e. The van der Waals surface area contributed by atoms with Crippen molar-refractivity contribution in [2.75, 3.05) is 35.8 Å². The number of piperazine rings is 1. The Morgan fingerprint density at radius 3 is 2.29 bits per heavy atom. The van der Waals surface area contributed by atoms with Gasteiger partial charge < -0.3 is 20.6 Å². The summed E-state index contributed by atoms with van der Waals surface area (Å²) >= 11 is 6.19. The van der Waals surface area contributed by atoms with E-state index in [1.54, 1.807) is 42.5 Å². The number of rotatable bonds is 7. The van der Waals surface area contributed by atoms with Gasteiger partial charge in [-0.3, -0.25) is 9.52 Å². The van der Waals surface area contributed by atoms with E-state index in [0.717, 1.165) is 43.0 Å². The lowest BCUT2D eigenvalue weighted by Crippen LogP contribution is -2.43. The minimum atomic E-state index is -5.08. The Balaban J connectivity index is 0.000000587. The van der Waals surface area contributed by atoms with Crippen molar-refractivity contribution in [3.8, 4) is 0 Å². The first-order valence-corrected chi connectivity index (χ1v) is 14.1. The quantitative estimate of drug-likeness (QED) is 0.311. The Hall–Kier alpha value is -3.81. The monoisotopic (exact) mass is 612 g/mol. The maximum Gasteiger partial charge on any atom is 0.490 e. The number of amides is 1. The number of aliphatic carboxylic acids is 1. The molecule has 0 aliphatic carbocycles. The predicted octanol–water partition coefficient (Wildman–Crippen LogP) is 4.42. The second kappa shape index (κ2) is 13.7. The Kier molecular flexibility index (Phi) is 10.6. The van der Waals surface area contributed by atoms with E-state index in [1.165, 1.54) is 0 Å². The lowest BCUT2D eigenvalue weighted by molar-refractivity contribution is -0.192. The van der Waals surface area contributed by atoms with E-state index in [1.807, 2.05) is 31.2 Å². The summed E-state index contributed by atoms with van der Waals surface area (Å²) in [5.74, 6) is -3.07. The van der Waals surface area contributed by atoms with Crippen molar-refractivity contribution < 1.29 is 36.3 Å². The molecule has 0 saturated carbocycles. The third-order valence-corrected chi connectivity index (χ3v) is 7.63. The summed E-state index contributed by atoms with van der Waals surface area (Å²) in [6, 6.07) is 19.1. The number of halogens is 4. The van der Waals surface area contributed by atoms with Crippen molar-refractivity contribution in [3.63, 3.8) is 0 Å². The van der Waals surface area contributed by atoms with Crippen molar-refractivity contribution in [1.82, 2.24) is 10.6 Å². The molecule has 4 N–H and O–H groups in total. The standard InChI is InChI=1S/C25H27ClN4O3S.C2HF3O2/c1-18-5-4-7-21(15-18)34(32,33)29-23-16-19(9-10-24(23)30-13-11-27-12-14-30)25(31)28-17-20-6-2-3-8-22(20)26;3-2(4,5)1(6)7/h2-10,15-16,27,29H,11-14,17H2,1H3,(H,28,31);(H,6,7). The van der Waals surface area contributed by atoms with Crippen LogP contribution in [-0.4, -0.2) is 57.8 Å². The van der Waals surface area contributed by atoms with Crippen molar-refractivity contribution >= 4 is 44.9 Å². The van der Waals surface area contributed by atoms with Crippen LogP contribution in [-0.2, 0) is 21.4 Å². The number of nitrogens with zero attached hydrogens (tertiary/aromatic N) is 1. The van der Waals surface area contributed by atoms with E-state index in [-0.39, 0.29) is 17.3 Å². The van der Waals surface area contributed by atoms with Gasteiger partial charge in [-0.15, -0.1) is 0 Å². The van der Waals surface area contributed by atoms with Gasteiger partial charge in [-0.2, -0.15) is 13.2 Å². The van der Waals surface area contributed by atoms with Gasteiger partial charge in [-0.1, -0.05) is 41.9 Å². The zero-order chi connectivity index (χ0) is 30.2. The van der Waals surface area contributed by atoms with Crippen LogP contribution in [0.25, 0.3) is 0 Å². The third kappa shape index (κ3) is 9.10. The molecule has 1 heterocycles. The molecule has 3 aromatic carbocycles. The fourth-order valence-electron chi connectivity index (χ4n) is 3.85. The lowest BCUT2D eigenvalue weighted by Gasteiger charge is -2.31. The number of carboxylic acid groups (broad SMARTS) is 1. The molecule has 9 nitrogen and oxygen atoms in total. The second-order valence-electron chi connectivity index (χ2n) is 8.97. The first kappa shape index (κ1) is 31.7. The SMILES string of the molecule is Cc1cccc(S(=O)(=O)Nc2cc(C(=O)NCc3ccccc3Cl)ccc2N2CCNCC2)c1.O=C(O)C(F)(F)F. The highest BCUT2D eigenvalue weighted by Crippen LogP contribution is 2.30. The third-order valence-electron chi connectivity index (χ3n) is 5.90. The molecule has 0 bridgehead atoms. The smallest absolute Gasteiger partial charge is 0.475 e. The number of nitrogens with one attached hydrogen (secondary N) is 3. The van der Waals surface area contributed by atoms with E-state index in [2.05, 4.69) is 20.3 Å². The predicted molar refractivity (Wildman–Crippen MR) is 150 cm³/mol. The number of hydrogen-bond donors (Lipinski definition) is 4. The van der Waals surface area contributed by atoms with Gasteiger partial charge in [0, 0.05) is 43.3 Å². The molecule has 1 fully saturated rings. The molecule has 1 aliphatic rings. The van der Waals surface area contributed by atoms with Crippen LogP contribution in [0, 0.1) is 6.92 Å². The number of aryl methyl sites for hydroxylation is 1. The molecular formula is C27H28ClF3N4O5S. The highest BCUT2D eigenvalue weighted by atomic mass is 35.5. The molecule has 0 unspecified atom stereocenters. The highest BCUT2D eigenvalue weighted by Gasteiger charge is 2.38. The second-order valence-corrected chi connectivity index (χ2v) is 11.1. The van der Waals surface area contributed by atoms with Gasteiger partial charge in [0.1, 0.15) is 0 Å². The molecule has 14 heteroatoms. The largest absolute Gasteiger partial charge is 0.490 e. The molecule has 0 atom stereocenters. The van der Waals surface area contributed by atoms with E-state index < -0.39 is 22.2 Å². The van der Waals surface area contributed by atoms with E-state index in [4.69, 9.17) is 21.5 Å². The fourth-order valence-corrected chi connectivity index (χ4v) is 5.22. The number of hydrogen-bond acceptors (Lipinski definition) is 6.